The first-order valence-electron chi connectivity index (χ1n) is 8.85. The average molecular weight is 389 g/mol. The Labute approximate surface area is 167 Å². The predicted octanol–water partition coefficient (Wildman–Crippen LogP) is 4.16. The standard InChI is InChI=1S/C21H19N5OS/c1-14-8-15(2)10-16(9-14)25-19(27)12-28-21-18-11-24-26(20(18)22-13-23-21)17-6-4-3-5-7-17/h3-11,13H,12H2,1-2H3,(H,25,27). The SMILES string of the molecule is Cc1cc(C)cc(NC(=O)CSc2ncnc3c2cnn3-c2ccccc2)c1. The summed E-state index contributed by atoms with van der Waals surface area (Å²) in [6.45, 7) is 4.03. The maximum absolute atomic E-state index is 12.4. The van der Waals surface area contributed by atoms with Gasteiger partial charge in [-0.3, -0.25) is 4.79 Å². The van der Waals surface area contributed by atoms with Gasteiger partial charge in [-0.1, -0.05) is 36.0 Å². The van der Waals surface area contributed by atoms with Gasteiger partial charge in [0.1, 0.15) is 11.4 Å². The van der Waals surface area contributed by atoms with Crippen LogP contribution in [0, 0.1) is 13.8 Å². The summed E-state index contributed by atoms with van der Waals surface area (Å²) in [6, 6.07) is 15.8. The zero-order valence-corrected chi connectivity index (χ0v) is 16.4. The molecular weight excluding hydrogens is 370 g/mol. The number of hydrogen-bond donors (Lipinski definition) is 1. The molecule has 28 heavy (non-hydrogen) atoms. The predicted molar refractivity (Wildman–Crippen MR) is 112 cm³/mol. The highest BCUT2D eigenvalue weighted by molar-refractivity contribution is 8.00. The number of carbonyl (C=O) groups is 1. The second kappa shape index (κ2) is 7.82. The van der Waals surface area contributed by atoms with Gasteiger partial charge in [0, 0.05) is 5.69 Å². The zero-order valence-electron chi connectivity index (χ0n) is 15.6. The number of benzene rings is 2. The Balaban J connectivity index is 1.51. The number of carbonyl (C=O) groups excluding carboxylic acids is 1. The fourth-order valence-corrected chi connectivity index (χ4v) is 3.83. The van der Waals surface area contributed by atoms with Crippen molar-refractivity contribution in [1.29, 1.82) is 0 Å². The molecule has 0 saturated carbocycles. The molecule has 0 unspecified atom stereocenters. The van der Waals surface area contributed by atoms with Gasteiger partial charge in [0.2, 0.25) is 5.91 Å². The van der Waals surface area contributed by atoms with Crippen LogP contribution in [0.5, 0.6) is 0 Å². The number of amides is 1. The average Bonchev–Trinajstić information content (AvgIpc) is 3.11. The number of aromatic nitrogens is 4. The van der Waals surface area contributed by atoms with Crippen LogP contribution in [-0.4, -0.2) is 31.4 Å². The molecule has 0 aliphatic carbocycles. The van der Waals surface area contributed by atoms with Gasteiger partial charge in [-0.05, 0) is 49.2 Å². The molecule has 0 aliphatic heterocycles. The van der Waals surface area contributed by atoms with Crippen molar-refractivity contribution in [3.63, 3.8) is 0 Å². The van der Waals surface area contributed by atoms with Crippen LogP contribution in [0.4, 0.5) is 5.69 Å². The van der Waals surface area contributed by atoms with Crippen molar-refractivity contribution in [1.82, 2.24) is 19.7 Å². The molecule has 2 heterocycles. The number of anilines is 1. The van der Waals surface area contributed by atoms with Crippen molar-refractivity contribution in [2.45, 2.75) is 18.9 Å². The van der Waals surface area contributed by atoms with E-state index in [1.807, 2.05) is 56.3 Å². The third kappa shape index (κ3) is 3.89. The normalized spacial score (nSPS) is 10.9. The Morgan fingerprint density at radius 2 is 1.82 bits per heavy atom. The Hall–Kier alpha value is -3.19. The first-order valence-corrected chi connectivity index (χ1v) is 9.84. The molecule has 1 N–H and O–H groups in total. The van der Waals surface area contributed by atoms with E-state index in [9.17, 15) is 4.79 Å². The summed E-state index contributed by atoms with van der Waals surface area (Å²) in [5.41, 5.74) is 4.70. The minimum atomic E-state index is -0.0720. The van der Waals surface area contributed by atoms with Crippen molar-refractivity contribution in [2.75, 3.05) is 11.1 Å². The number of aryl methyl sites for hydroxylation is 2. The van der Waals surface area contributed by atoms with Gasteiger partial charge >= 0.3 is 0 Å². The van der Waals surface area contributed by atoms with Crippen molar-refractivity contribution >= 4 is 34.4 Å². The third-order valence-corrected chi connectivity index (χ3v) is 5.18. The Kier molecular flexibility index (Phi) is 5.08. The van der Waals surface area contributed by atoms with Gasteiger partial charge < -0.3 is 5.32 Å². The molecule has 0 atom stereocenters. The van der Waals surface area contributed by atoms with E-state index in [1.165, 1.54) is 18.1 Å². The summed E-state index contributed by atoms with van der Waals surface area (Å²) in [5.74, 6) is 0.188. The molecule has 1 amide bonds. The monoisotopic (exact) mass is 389 g/mol. The highest BCUT2D eigenvalue weighted by Crippen LogP contribution is 2.26. The number of nitrogens with one attached hydrogen (secondary N) is 1. The molecule has 140 valence electrons. The van der Waals surface area contributed by atoms with Gasteiger partial charge in [-0.2, -0.15) is 5.10 Å². The van der Waals surface area contributed by atoms with E-state index in [4.69, 9.17) is 0 Å². The molecule has 0 spiro atoms. The van der Waals surface area contributed by atoms with Gasteiger partial charge in [-0.15, -0.1) is 0 Å². The van der Waals surface area contributed by atoms with Gasteiger partial charge in [-0.25, -0.2) is 14.6 Å². The smallest absolute Gasteiger partial charge is 0.234 e. The molecule has 0 bridgehead atoms. The first kappa shape index (κ1) is 18.2. The first-order chi connectivity index (χ1) is 13.6. The highest BCUT2D eigenvalue weighted by Gasteiger charge is 2.13. The van der Waals surface area contributed by atoms with Crippen LogP contribution in [0.1, 0.15) is 11.1 Å². The summed E-state index contributed by atoms with van der Waals surface area (Å²) in [7, 11) is 0. The number of para-hydroxylation sites is 1. The van der Waals surface area contributed by atoms with Gasteiger partial charge in [0.15, 0.2) is 5.65 Å². The van der Waals surface area contributed by atoms with E-state index in [0.717, 1.165) is 38.6 Å². The number of fused-ring (bicyclic) bond motifs is 1. The molecule has 0 radical (unpaired) electrons. The fraction of sp³-hybridized carbons (Fsp3) is 0.143. The van der Waals surface area contributed by atoms with E-state index < -0.39 is 0 Å². The Morgan fingerprint density at radius 1 is 1.07 bits per heavy atom. The number of nitrogens with zero attached hydrogens (tertiary/aromatic N) is 4. The van der Waals surface area contributed by atoms with Crippen LogP contribution in [-0.2, 0) is 4.79 Å². The number of rotatable bonds is 5. The molecule has 4 rings (SSSR count). The minimum Gasteiger partial charge on any atom is -0.325 e. The Morgan fingerprint density at radius 3 is 2.57 bits per heavy atom. The van der Waals surface area contributed by atoms with Crippen LogP contribution >= 0.6 is 11.8 Å². The van der Waals surface area contributed by atoms with E-state index >= 15 is 0 Å². The fourth-order valence-electron chi connectivity index (χ4n) is 3.07. The Bertz CT molecular complexity index is 1120. The lowest BCUT2D eigenvalue weighted by Gasteiger charge is -2.08. The zero-order chi connectivity index (χ0) is 19.5. The molecule has 0 aliphatic rings. The van der Waals surface area contributed by atoms with Crippen molar-refractivity contribution in [3.8, 4) is 5.69 Å². The lowest BCUT2D eigenvalue weighted by molar-refractivity contribution is -0.113. The largest absolute Gasteiger partial charge is 0.325 e. The van der Waals surface area contributed by atoms with E-state index in [2.05, 4.69) is 26.4 Å². The summed E-state index contributed by atoms with van der Waals surface area (Å²) < 4.78 is 1.77. The topological polar surface area (TPSA) is 72.7 Å². The van der Waals surface area contributed by atoms with E-state index in [-0.39, 0.29) is 11.7 Å². The third-order valence-electron chi connectivity index (χ3n) is 4.18. The molecular formula is C21H19N5OS. The lowest BCUT2D eigenvalue weighted by atomic mass is 10.1. The second-order valence-electron chi connectivity index (χ2n) is 6.52. The quantitative estimate of drug-likeness (QED) is 0.410. The molecule has 6 nitrogen and oxygen atoms in total. The van der Waals surface area contributed by atoms with Crippen molar-refractivity contribution in [2.24, 2.45) is 0 Å². The number of thioether (sulfide) groups is 1. The maximum atomic E-state index is 12.4. The van der Waals surface area contributed by atoms with Crippen LogP contribution in [0.3, 0.4) is 0 Å². The molecule has 2 aromatic heterocycles. The van der Waals surface area contributed by atoms with Crippen molar-refractivity contribution < 1.29 is 4.79 Å². The van der Waals surface area contributed by atoms with E-state index in [0.29, 0.717) is 0 Å². The van der Waals surface area contributed by atoms with Crippen LogP contribution in [0.15, 0.2) is 66.1 Å². The van der Waals surface area contributed by atoms with E-state index in [1.54, 1.807) is 10.9 Å². The van der Waals surface area contributed by atoms with Gasteiger partial charge in [0.05, 0.1) is 23.0 Å². The summed E-state index contributed by atoms with van der Waals surface area (Å²) in [5, 5.41) is 8.96. The molecule has 0 saturated heterocycles. The lowest BCUT2D eigenvalue weighted by Crippen LogP contribution is -2.14. The summed E-state index contributed by atoms with van der Waals surface area (Å²) >= 11 is 1.38. The summed E-state index contributed by atoms with van der Waals surface area (Å²) in [4.78, 5) is 21.1. The van der Waals surface area contributed by atoms with Crippen LogP contribution in [0.2, 0.25) is 0 Å². The second-order valence-corrected chi connectivity index (χ2v) is 7.49. The van der Waals surface area contributed by atoms with Crippen LogP contribution < -0.4 is 5.32 Å². The minimum absolute atomic E-state index is 0.0720. The number of hydrogen-bond acceptors (Lipinski definition) is 5. The molecule has 4 aromatic rings. The van der Waals surface area contributed by atoms with Gasteiger partial charge in [0.25, 0.3) is 0 Å². The molecule has 2 aromatic carbocycles. The summed E-state index contributed by atoms with van der Waals surface area (Å²) in [6.07, 6.45) is 3.25. The molecule has 0 fully saturated rings. The van der Waals surface area contributed by atoms with Crippen LogP contribution in [0.25, 0.3) is 16.7 Å². The van der Waals surface area contributed by atoms with Crippen molar-refractivity contribution in [3.05, 3.63) is 72.2 Å². The highest BCUT2D eigenvalue weighted by atomic mass is 32.2. The maximum Gasteiger partial charge on any atom is 0.234 e. The molecule has 7 heteroatoms.